The minimum atomic E-state index is -2.85. The Bertz CT molecular complexity index is 416. The second-order valence-electron chi connectivity index (χ2n) is 5.17. The van der Waals surface area contributed by atoms with Crippen LogP contribution in [0.2, 0.25) is 0 Å². The van der Waals surface area contributed by atoms with Gasteiger partial charge in [-0.2, -0.15) is 0 Å². The molecule has 2 aliphatic rings. The molecule has 0 aromatic carbocycles. The molecular formula is C12H23N3O3S. The average Bonchev–Trinajstić information content (AvgIpc) is 2.98. The van der Waals surface area contributed by atoms with Crippen LogP contribution in [0.3, 0.4) is 0 Å². The summed E-state index contributed by atoms with van der Waals surface area (Å²) < 4.78 is 28.3. The highest BCUT2D eigenvalue weighted by molar-refractivity contribution is 7.91. The van der Waals surface area contributed by atoms with E-state index in [4.69, 9.17) is 4.74 Å². The number of guanidine groups is 1. The Balaban J connectivity index is 1.69. The Hall–Kier alpha value is -0.820. The van der Waals surface area contributed by atoms with Gasteiger partial charge in [-0.05, 0) is 25.7 Å². The molecule has 0 amide bonds. The second kappa shape index (κ2) is 6.56. The first-order valence-corrected chi connectivity index (χ1v) is 8.70. The van der Waals surface area contributed by atoms with Crippen molar-refractivity contribution in [3.05, 3.63) is 0 Å². The van der Waals surface area contributed by atoms with Crippen LogP contribution in [0.15, 0.2) is 4.99 Å². The Morgan fingerprint density at radius 3 is 2.84 bits per heavy atom. The Morgan fingerprint density at radius 2 is 2.26 bits per heavy atom. The van der Waals surface area contributed by atoms with E-state index in [2.05, 4.69) is 15.6 Å². The highest BCUT2D eigenvalue weighted by atomic mass is 32.2. The maximum Gasteiger partial charge on any atom is 0.191 e. The van der Waals surface area contributed by atoms with Gasteiger partial charge in [0.15, 0.2) is 15.8 Å². The molecule has 0 aromatic heterocycles. The van der Waals surface area contributed by atoms with Crippen LogP contribution in [0, 0.1) is 0 Å². The van der Waals surface area contributed by atoms with Crippen LogP contribution in [0.5, 0.6) is 0 Å². The van der Waals surface area contributed by atoms with Gasteiger partial charge in [-0.3, -0.25) is 4.99 Å². The van der Waals surface area contributed by atoms with E-state index in [0.717, 1.165) is 32.4 Å². The maximum absolute atomic E-state index is 11.4. The fraction of sp³-hybridized carbons (Fsp3) is 0.917. The molecule has 2 unspecified atom stereocenters. The second-order valence-corrected chi connectivity index (χ2v) is 7.40. The fourth-order valence-corrected chi connectivity index (χ4v) is 4.19. The lowest BCUT2D eigenvalue weighted by atomic mass is 10.2. The van der Waals surface area contributed by atoms with Gasteiger partial charge in [-0.1, -0.05) is 0 Å². The van der Waals surface area contributed by atoms with Crippen LogP contribution in [0.4, 0.5) is 0 Å². The van der Waals surface area contributed by atoms with Crippen LogP contribution in [-0.4, -0.2) is 58.2 Å². The Labute approximate surface area is 114 Å². The van der Waals surface area contributed by atoms with E-state index < -0.39 is 9.84 Å². The number of sulfone groups is 1. The van der Waals surface area contributed by atoms with E-state index in [9.17, 15) is 8.42 Å². The molecule has 0 saturated carbocycles. The van der Waals surface area contributed by atoms with Crippen molar-refractivity contribution in [3.63, 3.8) is 0 Å². The summed E-state index contributed by atoms with van der Waals surface area (Å²) in [5.41, 5.74) is 0. The first-order valence-electron chi connectivity index (χ1n) is 6.88. The summed E-state index contributed by atoms with van der Waals surface area (Å²) in [5.74, 6) is 1.16. The topological polar surface area (TPSA) is 79.8 Å². The summed E-state index contributed by atoms with van der Waals surface area (Å²) in [6.45, 7) is 1.67. The molecule has 0 spiro atoms. The third-order valence-electron chi connectivity index (χ3n) is 3.58. The number of nitrogens with zero attached hydrogens (tertiary/aromatic N) is 1. The summed E-state index contributed by atoms with van der Waals surface area (Å²) in [6.07, 6.45) is 4.27. The van der Waals surface area contributed by atoms with E-state index in [0.29, 0.717) is 18.5 Å². The van der Waals surface area contributed by atoms with Crippen LogP contribution in [0.25, 0.3) is 0 Å². The lowest BCUT2D eigenvalue weighted by Gasteiger charge is -2.17. The molecule has 110 valence electrons. The Morgan fingerprint density at radius 1 is 1.42 bits per heavy atom. The van der Waals surface area contributed by atoms with Gasteiger partial charge < -0.3 is 15.4 Å². The standard InChI is InChI=1S/C12H23N3O3S/c1-13-12(14-6-4-11-3-2-7-18-11)15-10-5-8-19(16,17)9-10/h10-11H,2-9H2,1H3,(H2,13,14,15). The van der Waals surface area contributed by atoms with Crippen molar-refractivity contribution in [2.24, 2.45) is 4.99 Å². The zero-order valence-electron chi connectivity index (χ0n) is 11.4. The summed E-state index contributed by atoms with van der Waals surface area (Å²) in [6, 6.07) is -0.0149. The molecule has 0 bridgehead atoms. The van der Waals surface area contributed by atoms with Gasteiger partial charge in [0.2, 0.25) is 0 Å². The highest BCUT2D eigenvalue weighted by Gasteiger charge is 2.28. The molecular weight excluding hydrogens is 266 g/mol. The van der Waals surface area contributed by atoms with E-state index in [1.165, 1.54) is 0 Å². The normalized spacial score (nSPS) is 30.5. The molecule has 2 N–H and O–H groups in total. The van der Waals surface area contributed by atoms with E-state index in [1.54, 1.807) is 7.05 Å². The van der Waals surface area contributed by atoms with Crippen molar-refractivity contribution in [3.8, 4) is 0 Å². The SMILES string of the molecule is CN=C(NCCC1CCCO1)NC1CCS(=O)(=O)C1. The smallest absolute Gasteiger partial charge is 0.191 e. The molecule has 2 aliphatic heterocycles. The lowest BCUT2D eigenvalue weighted by molar-refractivity contribution is 0.105. The van der Waals surface area contributed by atoms with E-state index >= 15 is 0 Å². The zero-order chi connectivity index (χ0) is 13.7. The van der Waals surface area contributed by atoms with Gasteiger partial charge in [-0.15, -0.1) is 0 Å². The molecule has 2 heterocycles. The summed E-state index contributed by atoms with van der Waals surface area (Å²) in [7, 11) is -1.15. The molecule has 2 rings (SSSR count). The van der Waals surface area contributed by atoms with Gasteiger partial charge in [0.25, 0.3) is 0 Å². The highest BCUT2D eigenvalue weighted by Crippen LogP contribution is 2.14. The zero-order valence-corrected chi connectivity index (χ0v) is 12.2. The van der Waals surface area contributed by atoms with Crippen molar-refractivity contribution in [1.82, 2.24) is 10.6 Å². The van der Waals surface area contributed by atoms with Gasteiger partial charge in [0.1, 0.15) is 0 Å². The van der Waals surface area contributed by atoms with Crippen LogP contribution >= 0.6 is 0 Å². The molecule has 0 aliphatic carbocycles. The summed E-state index contributed by atoms with van der Waals surface area (Å²) in [5, 5.41) is 6.38. The van der Waals surface area contributed by atoms with Gasteiger partial charge in [-0.25, -0.2) is 8.42 Å². The van der Waals surface area contributed by atoms with E-state index in [1.807, 2.05) is 0 Å². The van der Waals surface area contributed by atoms with Crippen molar-refractivity contribution < 1.29 is 13.2 Å². The molecule has 2 atom stereocenters. The van der Waals surface area contributed by atoms with Crippen molar-refractivity contribution in [2.75, 3.05) is 31.7 Å². The van der Waals surface area contributed by atoms with Crippen molar-refractivity contribution in [2.45, 2.75) is 37.8 Å². The minimum absolute atomic E-state index is 0.0149. The van der Waals surface area contributed by atoms with Crippen molar-refractivity contribution >= 4 is 15.8 Å². The summed E-state index contributed by atoms with van der Waals surface area (Å²) in [4.78, 5) is 4.12. The molecule has 0 radical (unpaired) electrons. The fourth-order valence-electron chi connectivity index (χ4n) is 2.52. The van der Waals surface area contributed by atoms with Gasteiger partial charge in [0, 0.05) is 26.2 Å². The van der Waals surface area contributed by atoms with Crippen molar-refractivity contribution in [1.29, 1.82) is 0 Å². The molecule has 2 saturated heterocycles. The van der Waals surface area contributed by atoms with Crippen LogP contribution in [-0.2, 0) is 14.6 Å². The number of aliphatic imine (C=N–C) groups is 1. The largest absolute Gasteiger partial charge is 0.378 e. The van der Waals surface area contributed by atoms with Gasteiger partial charge in [0.05, 0.1) is 17.6 Å². The van der Waals surface area contributed by atoms with Crippen LogP contribution < -0.4 is 10.6 Å². The van der Waals surface area contributed by atoms with Crippen LogP contribution in [0.1, 0.15) is 25.7 Å². The molecule has 19 heavy (non-hydrogen) atoms. The average molecular weight is 289 g/mol. The third-order valence-corrected chi connectivity index (χ3v) is 5.35. The lowest BCUT2D eigenvalue weighted by Crippen LogP contribution is -2.44. The quantitative estimate of drug-likeness (QED) is 0.558. The predicted octanol–water partition coefficient (Wildman–Crippen LogP) is -0.0924. The van der Waals surface area contributed by atoms with Gasteiger partial charge >= 0.3 is 0 Å². The number of hydrogen-bond donors (Lipinski definition) is 2. The minimum Gasteiger partial charge on any atom is -0.378 e. The molecule has 6 nitrogen and oxygen atoms in total. The Kier molecular flexibility index (Phi) is 5.04. The number of nitrogens with one attached hydrogen (secondary N) is 2. The predicted molar refractivity (Wildman–Crippen MR) is 75.1 cm³/mol. The number of rotatable bonds is 4. The number of hydrogen-bond acceptors (Lipinski definition) is 4. The summed E-state index contributed by atoms with van der Waals surface area (Å²) >= 11 is 0. The number of ether oxygens (including phenoxy) is 1. The first-order chi connectivity index (χ1) is 9.09. The maximum atomic E-state index is 11.4. The monoisotopic (exact) mass is 289 g/mol. The third kappa shape index (κ3) is 4.65. The first kappa shape index (κ1) is 14.6. The molecule has 0 aromatic rings. The van der Waals surface area contributed by atoms with E-state index in [-0.39, 0.29) is 17.5 Å². The molecule has 7 heteroatoms. The molecule has 2 fully saturated rings.